The van der Waals surface area contributed by atoms with E-state index in [2.05, 4.69) is 19.9 Å². The van der Waals surface area contributed by atoms with E-state index < -0.39 is 11.4 Å². The molecule has 6 rings (SSSR count). The Hall–Kier alpha value is -4.48. The van der Waals surface area contributed by atoms with Gasteiger partial charge in [0, 0.05) is 55.3 Å². The van der Waals surface area contributed by atoms with Gasteiger partial charge in [-0.1, -0.05) is 0 Å². The second-order valence-electron chi connectivity index (χ2n) is 14.7. The van der Waals surface area contributed by atoms with Crippen LogP contribution in [-0.4, -0.2) is 80.2 Å². The highest BCUT2D eigenvalue weighted by Gasteiger charge is 2.54. The first kappa shape index (κ1) is 33.4. The van der Waals surface area contributed by atoms with E-state index in [-0.39, 0.29) is 46.9 Å². The Bertz CT molecular complexity index is 1670. The van der Waals surface area contributed by atoms with Crippen molar-refractivity contribution in [2.24, 2.45) is 5.41 Å². The highest BCUT2D eigenvalue weighted by Crippen LogP contribution is 2.52. The smallest absolute Gasteiger partial charge is 0.410 e. The van der Waals surface area contributed by atoms with Crippen LogP contribution in [0.1, 0.15) is 82.9 Å². The molecule has 1 aromatic carbocycles. The molecule has 2 amide bonds. The fraction of sp³-hybridized carbons (Fsp3) is 0.528. The molecule has 0 N–H and O–H groups in total. The molecular weight excluding hydrogens is 615 g/mol. The van der Waals surface area contributed by atoms with Crippen molar-refractivity contribution >= 4 is 17.8 Å². The Morgan fingerprint density at radius 1 is 1.02 bits per heavy atom. The predicted molar refractivity (Wildman–Crippen MR) is 178 cm³/mol. The fourth-order valence-electron chi connectivity index (χ4n) is 7.05. The molecular formula is C36H45FN6O5. The summed E-state index contributed by atoms with van der Waals surface area (Å²) in [4.78, 5) is 45.1. The highest BCUT2D eigenvalue weighted by molar-refractivity contribution is 5.97. The summed E-state index contributed by atoms with van der Waals surface area (Å²) >= 11 is 0. The Morgan fingerprint density at radius 3 is 2.44 bits per heavy atom. The van der Waals surface area contributed by atoms with Gasteiger partial charge in [-0.15, -0.1) is 0 Å². The van der Waals surface area contributed by atoms with Gasteiger partial charge < -0.3 is 28.9 Å². The summed E-state index contributed by atoms with van der Waals surface area (Å²) in [5.74, 6) is 1.23. The van der Waals surface area contributed by atoms with Gasteiger partial charge in [0.1, 0.15) is 35.3 Å². The van der Waals surface area contributed by atoms with Gasteiger partial charge in [0.25, 0.3) is 5.91 Å². The summed E-state index contributed by atoms with van der Waals surface area (Å²) in [5.41, 5.74) is 1.58. The Morgan fingerprint density at radius 2 is 1.75 bits per heavy atom. The summed E-state index contributed by atoms with van der Waals surface area (Å²) in [6, 6.07) is 5.72. The zero-order chi connectivity index (χ0) is 34.4. The molecule has 48 heavy (non-hydrogen) atoms. The van der Waals surface area contributed by atoms with Crippen molar-refractivity contribution in [3.63, 3.8) is 0 Å². The van der Waals surface area contributed by atoms with Gasteiger partial charge in [-0.25, -0.2) is 19.2 Å². The first-order valence-corrected chi connectivity index (χ1v) is 16.7. The van der Waals surface area contributed by atoms with Gasteiger partial charge in [0.2, 0.25) is 0 Å². The minimum absolute atomic E-state index is 0.0503. The highest BCUT2D eigenvalue weighted by atomic mass is 19.1. The van der Waals surface area contributed by atoms with E-state index in [1.54, 1.807) is 22.2 Å². The molecule has 1 spiro atoms. The lowest BCUT2D eigenvalue weighted by Gasteiger charge is -2.59. The maximum atomic E-state index is 14.4. The zero-order valence-corrected chi connectivity index (χ0v) is 28.8. The molecule has 256 valence electrons. The number of pyridine rings is 1. The average Bonchev–Trinajstić information content (AvgIpc) is 2.97. The quantitative estimate of drug-likeness (QED) is 0.271. The number of anilines is 1. The second-order valence-corrected chi connectivity index (χ2v) is 14.7. The molecule has 4 heterocycles. The summed E-state index contributed by atoms with van der Waals surface area (Å²) in [6.45, 7) is 15.8. The molecule has 2 aliphatic heterocycles. The van der Waals surface area contributed by atoms with E-state index in [9.17, 15) is 14.0 Å². The third-order valence-corrected chi connectivity index (χ3v) is 9.09. The van der Waals surface area contributed by atoms with Crippen molar-refractivity contribution < 1.29 is 28.2 Å². The van der Waals surface area contributed by atoms with Crippen LogP contribution in [0, 0.1) is 11.2 Å². The largest absolute Gasteiger partial charge is 0.490 e. The monoisotopic (exact) mass is 660 g/mol. The number of halogens is 1. The third-order valence-electron chi connectivity index (χ3n) is 9.09. The molecule has 0 atom stereocenters. The van der Waals surface area contributed by atoms with Crippen molar-refractivity contribution in [3.8, 4) is 17.2 Å². The van der Waals surface area contributed by atoms with Crippen LogP contribution in [0.2, 0.25) is 0 Å². The van der Waals surface area contributed by atoms with Crippen molar-refractivity contribution in [3.05, 3.63) is 65.6 Å². The van der Waals surface area contributed by atoms with Crippen LogP contribution >= 0.6 is 0 Å². The van der Waals surface area contributed by atoms with Crippen LogP contribution in [0.25, 0.3) is 0 Å². The number of carbonyl (C=O) groups is 2. The Labute approximate surface area is 281 Å². The molecule has 2 fully saturated rings. The van der Waals surface area contributed by atoms with Gasteiger partial charge >= 0.3 is 6.09 Å². The number of hydrogen-bond acceptors (Lipinski definition) is 9. The number of benzene rings is 1. The van der Waals surface area contributed by atoms with Gasteiger partial charge in [0.15, 0.2) is 11.6 Å². The molecule has 0 bridgehead atoms. The maximum Gasteiger partial charge on any atom is 0.410 e. The minimum atomic E-state index is -0.562. The van der Waals surface area contributed by atoms with Gasteiger partial charge in [-0.05, 0) is 85.6 Å². The average molecular weight is 661 g/mol. The van der Waals surface area contributed by atoms with Gasteiger partial charge in [-0.2, -0.15) is 0 Å². The van der Waals surface area contributed by atoms with E-state index in [1.165, 1.54) is 24.5 Å². The first-order chi connectivity index (χ1) is 22.7. The van der Waals surface area contributed by atoms with Crippen LogP contribution in [-0.2, 0) is 17.7 Å². The number of amides is 2. The van der Waals surface area contributed by atoms with Gasteiger partial charge in [0.05, 0.1) is 24.0 Å². The standard InChI is InChI=1S/C36H45FN6O5/c1-22(2)43(23(3)4)33(44)26-14-24(37)8-9-29(26)47-31-17-38-21-40-32(31)42-19-36(20-42)15-25(16-36)46-30-10-12-39-28-11-13-41(18-27(28)30)34(45)48-35(5,6)7/h8-10,12,14,17,21-23,25H,11,13,15-16,18-20H2,1-7H3. The molecule has 0 radical (unpaired) electrons. The van der Waals surface area contributed by atoms with Crippen LogP contribution in [0.4, 0.5) is 15.0 Å². The number of aromatic nitrogens is 3. The molecule has 3 aliphatic rings. The lowest BCUT2D eigenvalue weighted by Crippen LogP contribution is -2.65. The van der Waals surface area contributed by atoms with E-state index in [0.717, 1.165) is 42.9 Å². The molecule has 1 saturated carbocycles. The second kappa shape index (κ2) is 12.9. The lowest BCUT2D eigenvalue weighted by atomic mass is 9.61. The van der Waals surface area contributed by atoms with E-state index in [4.69, 9.17) is 14.2 Å². The summed E-state index contributed by atoms with van der Waals surface area (Å²) in [6.07, 6.45) is 6.97. The molecule has 2 aromatic heterocycles. The molecule has 3 aromatic rings. The van der Waals surface area contributed by atoms with Crippen LogP contribution < -0.4 is 14.4 Å². The van der Waals surface area contributed by atoms with Crippen LogP contribution in [0.3, 0.4) is 0 Å². The first-order valence-electron chi connectivity index (χ1n) is 16.7. The number of hydrogen-bond donors (Lipinski definition) is 0. The SMILES string of the molecule is CC(C)N(C(=O)c1cc(F)ccc1Oc1cncnc1N1CC2(CC(Oc3ccnc4c3CN(C(=O)OC(C)(C)C)CC4)C2)C1)C(C)C. The predicted octanol–water partition coefficient (Wildman–Crippen LogP) is 6.40. The van der Waals surface area contributed by atoms with Crippen LogP contribution in [0.5, 0.6) is 17.2 Å². The third kappa shape index (κ3) is 6.88. The van der Waals surface area contributed by atoms with E-state index in [0.29, 0.717) is 31.1 Å². The number of fused-ring (bicyclic) bond motifs is 1. The molecule has 12 heteroatoms. The van der Waals surface area contributed by atoms with Crippen molar-refractivity contribution in [1.29, 1.82) is 0 Å². The number of nitrogens with zero attached hydrogens (tertiary/aromatic N) is 6. The molecule has 1 saturated heterocycles. The Kier molecular flexibility index (Phi) is 8.95. The van der Waals surface area contributed by atoms with Crippen molar-refractivity contribution in [2.45, 2.75) is 98.1 Å². The number of ether oxygens (including phenoxy) is 3. The number of rotatable bonds is 8. The molecule has 0 unspecified atom stereocenters. The normalized spacial score (nSPS) is 17.1. The van der Waals surface area contributed by atoms with E-state index in [1.807, 2.05) is 54.5 Å². The lowest BCUT2D eigenvalue weighted by molar-refractivity contribution is -0.0353. The van der Waals surface area contributed by atoms with Crippen LogP contribution in [0.15, 0.2) is 43.0 Å². The minimum Gasteiger partial charge on any atom is -0.490 e. The number of carbonyl (C=O) groups excluding carboxylic acids is 2. The topological polar surface area (TPSA) is 110 Å². The van der Waals surface area contributed by atoms with E-state index >= 15 is 0 Å². The zero-order valence-electron chi connectivity index (χ0n) is 28.8. The molecule has 1 aliphatic carbocycles. The fourth-order valence-corrected chi connectivity index (χ4v) is 7.05. The summed E-state index contributed by atoms with van der Waals surface area (Å²) < 4.78 is 32.7. The maximum absolute atomic E-state index is 14.4. The molecule has 11 nitrogen and oxygen atoms in total. The summed E-state index contributed by atoms with van der Waals surface area (Å²) in [7, 11) is 0. The van der Waals surface area contributed by atoms with Crippen molar-refractivity contribution in [1.82, 2.24) is 24.8 Å². The Balaban J connectivity index is 1.10. The van der Waals surface area contributed by atoms with Gasteiger partial charge in [-0.3, -0.25) is 9.78 Å². The van der Waals surface area contributed by atoms with Crippen molar-refractivity contribution in [2.75, 3.05) is 24.5 Å². The summed E-state index contributed by atoms with van der Waals surface area (Å²) in [5, 5.41) is 0.